The van der Waals surface area contributed by atoms with E-state index in [4.69, 9.17) is 42.8 Å². The second-order valence-corrected chi connectivity index (χ2v) is 10.8. The predicted molar refractivity (Wildman–Crippen MR) is 169 cm³/mol. The number of carbonyl (C=O) groups excluding carboxylic acids is 1. The summed E-state index contributed by atoms with van der Waals surface area (Å²) in [6.07, 6.45) is 4.68. The van der Waals surface area contributed by atoms with Crippen LogP contribution in [0, 0.1) is 0 Å². The fourth-order valence-electron chi connectivity index (χ4n) is 4.98. The number of halogens is 2. The van der Waals surface area contributed by atoms with Crippen molar-refractivity contribution in [3.05, 3.63) is 70.2 Å². The van der Waals surface area contributed by atoms with Crippen LogP contribution in [0.4, 0.5) is 0 Å². The van der Waals surface area contributed by atoms with E-state index in [1.165, 1.54) is 7.11 Å². The van der Waals surface area contributed by atoms with E-state index in [-0.39, 0.29) is 18.6 Å². The zero-order valence-corrected chi connectivity index (χ0v) is 25.9. The van der Waals surface area contributed by atoms with Gasteiger partial charge in [-0.2, -0.15) is 0 Å². The first-order valence-electron chi connectivity index (χ1n) is 14.1. The van der Waals surface area contributed by atoms with Crippen molar-refractivity contribution in [2.75, 3.05) is 33.9 Å². The second-order valence-electron chi connectivity index (χ2n) is 10.1. The molecule has 2 aromatic heterocycles. The molecule has 1 atom stereocenters. The Labute approximate surface area is 265 Å². The second kappa shape index (κ2) is 14.7. The van der Waals surface area contributed by atoms with Crippen LogP contribution in [-0.2, 0) is 17.9 Å². The Morgan fingerprint density at radius 2 is 1.39 bits per heavy atom. The van der Waals surface area contributed by atoms with E-state index >= 15 is 0 Å². The summed E-state index contributed by atoms with van der Waals surface area (Å²) in [6.45, 7) is 1.93. The number of ether oxygens (including phenoxy) is 2. The summed E-state index contributed by atoms with van der Waals surface area (Å²) in [5.74, 6) is 0.831. The highest BCUT2D eigenvalue weighted by Crippen LogP contribution is 2.42. The maximum absolute atomic E-state index is 11.5. The maximum Gasteiger partial charge on any atom is 0.237 e. The van der Waals surface area contributed by atoms with E-state index in [2.05, 4.69) is 30.9 Å². The molecule has 0 spiro atoms. The fourth-order valence-corrected chi connectivity index (χ4v) is 5.63. The van der Waals surface area contributed by atoms with Gasteiger partial charge in [0.25, 0.3) is 0 Å². The van der Waals surface area contributed by atoms with Crippen LogP contribution < -0.4 is 25.4 Å². The fraction of sp³-hybridized carbons (Fsp3) is 0.323. The number of rotatable bonds is 13. The summed E-state index contributed by atoms with van der Waals surface area (Å²) in [5, 5.41) is 19.3. The minimum atomic E-state index is 0.0200. The summed E-state index contributed by atoms with van der Waals surface area (Å²) >= 11 is 14.0. The Morgan fingerprint density at radius 3 is 1.86 bits per heavy atom. The highest BCUT2D eigenvalue weighted by atomic mass is 35.5. The summed E-state index contributed by atoms with van der Waals surface area (Å²) in [5.41, 5.74) is 5.13. The molecule has 0 aliphatic carbocycles. The Hall–Kier alpha value is -3.87. The summed E-state index contributed by atoms with van der Waals surface area (Å²) in [6, 6.07) is 11.4. The topological polar surface area (TPSA) is 143 Å². The number of aromatic nitrogens is 4. The zero-order chi connectivity index (χ0) is 31.1. The number of methoxy groups -OCH3 is 2. The molecule has 1 aliphatic heterocycles. The molecule has 1 amide bonds. The van der Waals surface area contributed by atoms with Gasteiger partial charge in [-0.05, 0) is 6.42 Å². The molecule has 1 saturated heterocycles. The molecular weight excluding hydrogens is 605 g/mol. The summed E-state index contributed by atoms with van der Waals surface area (Å²) in [4.78, 5) is 29.9. The smallest absolute Gasteiger partial charge is 0.237 e. The molecule has 4 N–H and O–H groups in total. The molecule has 5 rings (SSSR count). The van der Waals surface area contributed by atoms with Crippen LogP contribution in [0.15, 0.2) is 48.8 Å². The lowest BCUT2D eigenvalue weighted by Crippen LogP contribution is -2.35. The highest BCUT2D eigenvalue weighted by molar-refractivity contribution is 6.39. The van der Waals surface area contributed by atoms with Gasteiger partial charge in [-0.25, -0.2) is 9.97 Å². The lowest BCUT2D eigenvalue weighted by atomic mass is 9.98. The van der Waals surface area contributed by atoms with Crippen LogP contribution in [0.5, 0.6) is 11.8 Å². The first kappa shape index (κ1) is 31.6. The molecule has 11 nitrogen and oxygen atoms in total. The van der Waals surface area contributed by atoms with Crippen molar-refractivity contribution < 1.29 is 19.4 Å². The van der Waals surface area contributed by atoms with E-state index in [0.717, 1.165) is 6.42 Å². The van der Waals surface area contributed by atoms with Crippen molar-refractivity contribution in [2.45, 2.75) is 32.0 Å². The van der Waals surface area contributed by atoms with Crippen LogP contribution in [0.1, 0.15) is 24.2 Å². The van der Waals surface area contributed by atoms with Gasteiger partial charge in [-0.15, -0.1) is 0 Å². The van der Waals surface area contributed by atoms with Gasteiger partial charge in [-0.3, -0.25) is 14.8 Å². The molecule has 2 aromatic carbocycles. The van der Waals surface area contributed by atoms with Gasteiger partial charge in [0.2, 0.25) is 17.7 Å². The average Bonchev–Trinajstić information content (AvgIpc) is 3.46. The number of hydrogen-bond donors (Lipinski definition) is 4. The van der Waals surface area contributed by atoms with Crippen molar-refractivity contribution in [1.29, 1.82) is 0 Å². The van der Waals surface area contributed by atoms with E-state index in [1.807, 2.05) is 36.4 Å². The van der Waals surface area contributed by atoms with Crippen LogP contribution >= 0.6 is 23.2 Å². The monoisotopic (exact) mass is 637 g/mol. The van der Waals surface area contributed by atoms with E-state index in [9.17, 15) is 4.79 Å². The molecule has 0 bridgehead atoms. The van der Waals surface area contributed by atoms with Gasteiger partial charge in [0.1, 0.15) is 11.4 Å². The van der Waals surface area contributed by atoms with E-state index in [0.29, 0.717) is 99.4 Å². The summed E-state index contributed by atoms with van der Waals surface area (Å²) in [7, 11) is 3.08. The number of aliphatic hydroxyl groups excluding tert-OH is 1. The van der Waals surface area contributed by atoms with Crippen molar-refractivity contribution >= 4 is 29.1 Å². The van der Waals surface area contributed by atoms with Crippen LogP contribution in [0.25, 0.3) is 33.6 Å². The maximum atomic E-state index is 11.5. The minimum Gasteiger partial charge on any atom is -0.480 e. The SMILES string of the molecule is COc1nc(-c2cccc(-c3cccc(-c4cnc(CNC[C@@H]5CCC(=O)N5)c(OC)n4)c3Cl)c2Cl)cnc1CNCCO. The molecule has 3 heterocycles. The van der Waals surface area contributed by atoms with E-state index < -0.39 is 0 Å². The third-order valence-corrected chi connectivity index (χ3v) is 8.01. The predicted octanol–water partition coefficient (Wildman–Crippen LogP) is 4.04. The van der Waals surface area contributed by atoms with E-state index in [1.54, 1.807) is 19.5 Å². The van der Waals surface area contributed by atoms with Crippen LogP contribution in [-0.4, -0.2) is 70.9 Å². The third-order valence-electron chi connectivity index (χ3n) is 7.20. The number of carbonyl (C=O) groups is 1. The molecular formula is C31H33Cl2N7O4. The number of nitrogens with one attached hydrogen (secondary N) is 3. The molecule has 13 heteroatoms. The lowest BCUT2D eigenvalue weighted by Gasteiger charge is -2.15. The van der Waals surface area contributed by atoms with Gasteiger partial charge >= 0.3 is 0 Å². The van der Waals surface area contributed by atoms with Crippen molar-refractivity contribution in [1.82, 2.24) is 35.9 Å². The Morgan fingerprint density at radius 1 is 0.864 bits per heavy atom. The largest absolute Gasteiger partial charge is 0.480 e. The Balaban J connectivity index is 1.40. The van der Waals surface area contributed by atoms with Crippen molar-refractivity contribution in [3.63, 3.8) is 0 Å². The Kier molecular flexibility index (Phi) is 10.6. The molecule has 1 fully saturated rings. The van der Waals surface area contributed by atoms with Gasteiger partial charge in [-0.1, -0.05) is 59.6 Å². The summed E-state index contributed by atoms with van der Waals surface area (Å²) < 4.78 is 11.0. The standard InChI is InChI=1S/C31H33Cl2N7O4/c1-43-30-25(14-34-11-12-41)36-16-23(39-30)21-7-3-5-19(28(21)32)20-6-4-8-22(29(20)33)24-17-37-26(31(40-24)44-2)15-35-13-18-9-10-27(42)38-18/h3-8,16-18,34-35,41H,9-15H2,1-2H3,(H,38,42)/t18-/m0/s1. The van der Waals surface area contributed by atoms with Crippen LogP contribution in [0.3, 0.4) is 0 Å². The van der Waals surface area contributed by atoms with Gasteiger partial charge < -0.3 is 30.5 Å². The Bertz CT molecular complexity index is 1640. The number of aliphatic hydroxyl groups is 1. The zero-order valence-electron chi connectivity index (χ0n) is 24.4. The highest BCUT2D eigenvalue weighted by Gasteiger charge is 2.21. The molecule has 0 saturated carbocycles. The first-order chi connectivity index (χ1) is 21.4. The molecule has 1 aliphatic rings. The van der Waals surface area contributed by atoms with Crippen LogP contribution in [0.2, 0.25) is 10.0 Å². The lowest BCUT2D eigenvalue weighted by molar-refractivity contribution is -0.119. The number of benzene rings is 2. The average molecular weight is 639 g/mol. The quantitative estimate of drug-likeness (QED) is 0.159. The molecule has 44 heavy (non-hydrogen) atoms. The molecule has 0 radical (unpaired) electrons. The van der Waals surface area contributed by atoms with Crippen molar-refractivity contribution in [3.8, 4) is 45.4 Å². The number of amides is 1. The number of hydrogen-bond acceptors (Lipinski definition) is 10. The first-order valence-corrected chi connectivity index (χ1v) is 14.9. The number of nitrogens with zero attached hydrogens (tertiary/aromatic N) is 4. The molecule has 0 unspecified atom stereocenters. The normalized spacial score (nSPS) is 14.5. The molecule has 230 valence electrons. The third kappa shape index (κ3) is 7.09. The minimum absolute atomic E-state index is 0.0200. The van der Waals surface area contributed by atoms with Gasteiger partial charge in [0.15, 0.2) is 0 Å². The van der Waals surface area contributed by atoms with Gasteiger partial charge in [0.05, 0.1) is 54.7 Å². The van der Waals surface area contributed by atoms with Crippen molar-refractivity contribution in [2.24, 2.45) is 0 Å². The molecule has 4 aromatic rings. The van der Waals surface area contributed by atoms with Gasteiger partial charge in [0, 0.05) is 60.9 Å².